The molecule has 3 N–H and O–H groups in total. The van der Waals surface area contributed by atoms with Crippen LogP contribution >= 0.6 is 0 Å². The van der Waals surface area contributed by atoms with Gasteiger partial charge in [0, 0.05) is 5.69 Å². The van der Waals surface area contributed by atoms with E-state index in [1.807, 2.05) is 6.07 Å². The standard InChI is InChI=1S/C27H26F3N3O6/c1-4-36-21-11-16(24-19(13-31)25(32)39-15(3)23(24)26(35)37-5-2)9-10-20(21)38-14-22(34)33-18-8-6-7-17(12-18)27(28,29)30/h6-12,24H,4-5,14,32H2,1-3H3,(H,33,34). The van der Waals surface area contributed by atoms with E-state index in [4.69, 9.17) is 24.7 Å². The highest BCUT2D eigenvalue weighted by Gasteiger charge is 2.37. The molecule has 9 nitrogen and oxygen atoms in total. The summed E-state index contributed by atoms with van der Waals surface area (Å²) in [6.45, 7) is 4.68. The number of nitrogens with two attached hydrogens (primary N) is 1. The number of allylic oxidation sites excluding steroid dienone is 2. The number of alkyl halides is 3. The molecule has 1 aliphatic heterocycles. The van der Waals surface area contributed by atoms with Crippen molar-refractivity contribution in [2.75, 3.05) is 25.1 Å². The van der Waals surface area contributed by atoms with Crippen molar-refractivity contribution in [1.82, 2.24) is 0 Å². The molecule has 39 heavy (non-hydrogen) atoms. The van der Waals surface area contributed by atoms with Crippen molar-refractivity contribution in [3.05, 3.63) is 76.4 Å². The Kier molecular flexibility index (Phi) is 9.08. The van der Waals surface area contributed by atoms with Gasteiger partial charge in [0.25, 0.3) is 5.91 Å². The molecular formula is C27H26F3N3O6. The maximum Gasteiger partial charge on any atom is 0.416 e. The number of hydrogen-bond donors (Lipinski definition) is 2. The number of nitrogens with one attached hydrogen (secondary N) is 1. The molecular weight excluding hydrogens is 519 g/mol. The van der Waals surface area contributed by atoms with Crippen LogP contribution in [-0.4, -0.2) is 31.7 Å². The van der Waals surface area contributed by atoms with E-state index in [0.29, 0.717) is 5.56 Å². The number of halogens is 3. The Morgan fingerprint density at radius 1 is 1.10 bits per heavy atom. The van der Waals surface area contributed by atoms with Gasteiger partial charge >= 0.3 is 12.1 Å². The van der Waals surface area contributed by atoms with Crippen molar-refractivity contribution in [3.63, 3.8) is 0 Å². The SMILES string of the molecule is CCOC(=O)C1=C(C)OC(N)=C(C#N)C1c1ccc(OCC(=O)Nc2cccc(C(F)(F)F)c2)c(OCC)c1. The van der Waals surface area contributed by atoms with Gasteiger partial charge in [-0.15, -0.1) is 0 Å². The first-order chi connectivity index (χ1) is 18.5. The summed E-state index contributed by atoms with van der Waals surface area (Å²) in [6.07, 6.45) is -4.55. The quantitative estimate of drug-likeness (QED) is 0.431. The van der Waals surface area contributed by atoms with Gasteiger partial charge in [0.1, 0.15) is 17.4 Å². The number of anilines is 1. The number of rotatable bonds is 9. The molecule has 206 valence electrons. The fourth-order valence-corrected chi connectivity index (χ4v) is 3.89. The lowest BCUT2D eigenvalue weighted by Gasteiger charge is -2.27. The number of hydrogen-bond acceptors (Lipinski definition) is 8. The second kappa shape index (κ2) is 12.3. The monoisotopic (exact) mass is 545 g/mol. The molecule has 0 aliphatic carbocycles. The minimum Gasteiger partial charge on any atom is -0.490 e. The Balaban J connectivity index is 1.86. The Morgan fingerprint density at radius 2 is 1.85 bits per heavy atom. The molecule has 2 aromatic carbocycles. The highest BCUT2D eigenvalue weighted by atomic mass is 19.4. The molecule has 1 unspecified atom stereocenters. The smallest absolute Gasteiger partial charge is 0.416 e. The van der Waals surface area contributed by atoms with E-state index in [9.17, 15) is 28.0 Å². The van der Waals surface area contributed by atoms with Crippen molar-refractivity contribution in [1.29, 1.82) is 5.26 Å². The fraction of sp³-hybridized carbons (Fsp3) is 0.296. The highest BCUT2D eigenvalue weighted by molar-refractivity contribution is 5.93. The molecule has 1 amide bonds. The van der Waals surface area contributed by atoms with E-state index in [1.54, 1.807) is 19.9 Å². The van der Waals surface area contributed by atoms with E-state index in [0.717, 1.165) is 12.1 Å². The summed E-state index contributed by atoms with van der Waals surface area (Å²) in [6, 6.07) is 10.8. The summed E-state index contributed by atoms with van der Waals surface area (Å²) in [4.78, 5) is 25.1. The molecule has 3 rings (SSSR count). The fourth-order valence-electron chi connectivity index (χ4n) is 3.89. The summed E-state index contributed by atoms with van der Waals surface area (Å²) in [7, 11) is 0. The summed E-state index contributed by atoms with van der Waals surface area (Å²) < 4.78 is 60.6. The number of carbonyl (C=O) groups excluding carboxylic acids is 2. The van der Waals surface area contributed by atoms with Crippen molar-refractivity contribution in [2.45, 2.75) is 32.9 Å². The van der Waals surface area contributed by atoms with Crippen molar-refractivity contribution in [2.24, 2.45) is 5.73 Å². The molecule has 0 saturated heterocycles. The zero-order valence-corrected chi connectivity index (χ0v) is 21.3. The predicted octanol–water partition coefficient (Wildman–Crippen LogP) is 4.77. The van der Waals surface area contributed by atoms with Crippen LogP contribution < -0.4 is 20.5 Å². The molecule has 0 saturated carbocycles. The Labute approximate surface area is 222 Å². The normalized spacial score (nSPS) is 15.3. The lowest BCUT2D eigenvalue weighted by Crippen LogP contribution is -2.25. The van der Waals surface area contributed by atoms with E-state index >= 15 is 0 Å². The van der Waals surface area contributed by atoms with Gasteiger partial charge in [0.15, 0.2) is 18.1 Å². The number of nitriles is 1. The van der Waals surface area contributed by atoms with Crippen molar-refractivity contribution < 1.29 is 41.7 Å². The third-order valence-electron chi connectivity index (χ3n) is 5.53. The maximum atomic E-state index is 12.9. The van der Waals surface area contributed by atoms with Gasteiger partial charge in [-0.2, -0.15) is 18.4 Å². The molecule has 0 bridgehead atoms. The van der Waals surface area contributed by atoms with E-state index in [2.05, 4.69) is 5.32 Å². The van der Waals surface area contributed by atoms with Crippen LogP contribution in [0.15, 0.2) is 65.3 Å². The molecule has 1 atom stereocenters. The Bertz CT molecular complexity index is 1360. The predicted molar refractivity (Wildman–Crippen MR) is 133 cm³/mol. The topological polar surface area (TPSA) is 133 Å². The van der Waals surface area contributed by atoms with Gasteiger partial charge in [-0.05, 0) is 56.7 Å². The second-order valence-electron chi connectivity index (χ2n) is 8.17. The van der Waals surface area contributed by atoms with Gasteiger partial charge in [0.2, 0.25) is 5.88 Å². The summed E-state index contributed by atoms with van der Waals surface area (Å²) >= 11 is 0. The van der Waals surface area contributed by atoms with Crippen LogP contribution in [0.2, 0.25) is 0 Å². The number of carbonyl (C=O) groups is 2. The zero-order chi connectivity index (χ0) is 28.7. The highest BCUT2D eigenvalue weighted by Crippen LogP contribution is 2.42. The van der Waals surface area contributed by atoms with Crippen LogP contribution in [0.25, 0.3) is 0 Å². The van der Waals surface area contributed by atoms with Crippen LogP contribution in [0.3, 0.4) is 0 Å². The lowest BCUT2D eigenvalue weighted by molar-refractivity contribution is -0.139. The molecule has 0 fully saturated rings. The first kappa shape index (κ1) is 28.9. The van der Waals surface area contributed by atoms with Gasteiger partial charge in [-0.1, -0.05) is 12.1 Å². The van der Waals surface area contributed by atoms with E-state index < -0.39 is 36.1 Å². The lowest BCUT2D eigenvalue weighted by atomic mass is 9.83. The minimum atomic E-state index is -4.55. The van der Waals surface area contributed by atoms with Crippen molar-refractivity contribution >= 4 is 17.6 Å². The Morgan fingerprint density at radius 3 is 2.49 bits per heavy atom. The minimum absolute atomic E-state index is 0.000217. The summed E-state index contributed by atoms with van der Waals surface area (Å²) in [5, 5.41) is 12.1. The molecule has 0 radical (unpaired) electrons. The van der Waals surface area contributed by atoms with Crippen LogP contribution in [-0.2, 0) is 25.2 Å². The average molecular weight is 546 g/mol. The third kappa shape index (κ3) is 6.81. The van der Waals surface area contributed by atoms with Crippen LogP contribution in [0, 0.1) is 11.3 Å². The maximum absolute atomic E-state index is 12.9. The van der Waals surface area contributed by atoms with E-state index in [1.165, 1.54) is 31.2 Å². The average Bonchev–Trinajstić information content (AvgIpc) is 2.87. The molecule has 1 heterocycles. The van der Waals surface area contributed by atoms with Gasteiger partial charge < -0.3 is 30.0 Å². The van der Waals surface area contributed by atoms with Gasteiger partial charge in [0.05, 0.1) is 30.3 Å². The summed E-state index contributed by atoms with van der Waals surface area (Å²) in [5.74, 6) is -1.91. The number of benzene rings is 2. The Hall–Kier alpha value is -4.66. The number of amides is 1. The van der Waals surface area contributed by atoms with E-state index in [-0.39, 0.29) is 53.2 Å². The molecule has 0 aromatic heterocycles. The van der Waals surface area contributed by atoms with Crippen LogP contribution in [0.4, 0.5) is 18.9 Å². The molecule has 0 spiro atoms. The first-order valence-electron chi connectivity index (χ1n) is 11.8. The van der Waals surface area contributed by atoms with Crippen LogP contribution in [0.5, 0.6) is 11.5 Å². The summed E-state index contributed by atoms with van der Waals surface area (Å²) in [5.41, 5.74) is 5.54. The number of nitrogens with zero attached hydrogens (tertiary/aromatic N) is 1. The molecule has 1 aliphatic rings. The van der Waals surface area contributed by atoms with Crippen molar-refractivity contribution in [3.8, 4) is 17.6 Å². The molecule has 12 heteroatoms. The number of ether oxygens (including phenoxy) is 4. The molecule has 2 aromatic rings. The zero-order valence-electron chi connectivity index (χ0n) is 21.3. The second-order valence-corrected chi connectivity index (χ2v) is 8.17. The number of esters is 1. The van der Waals surface area contributed by atoms with Gasteiger partial charge in [-0.3, -0.25) is 4.79 Å². The van der Waals surface area contributed by atoms with Gasteiger partial charge in [-0.25, -0.2) is 4.79 Å². The third-order valence-corrected chi connectivity index (χ3v) is 5.53. The first-order valence-corrected chi connectivity index (χ1v) is 11.8. The van der Waals surface area contributed by atoms with Crippen LogP contribution in [0.1, 0.15) is 37.8 Å². The largest absolute Gasteiger partial charge is 0.490 e.